The molecule has 17 heavy (non-hydrogen) atoms. The van der Waals surface area contributed by atoms with Gasteiger partial charge in [-0.25, -0.2) is 9.59 Å². The highest BCUT2D eigenvalue weighted by molar-refractivity contribution is 5.92. The van der Waals surface area contributed by atoms with E-state index in [4.69, 9.17) is 5.11 Å². The van der Waals surface area contributed by atoms with E-state index in [0.29, 0.717) is 17.8 Å². The number of carbonyl (C=O) groups excluding carboxylic acids is 1. The second kappa shape index (κ2) is 5.89. The average molecular weight is 236 g/mol. The molecule has 5 nitrogen and oxygen atoms in total. The van der Waals surface area contributed by atoms with Crippen molar-refractivity contribution in [2.24, 2.45) is 0 Å². The van der Waals surface area contributed by atoms with Crippen molar-refractivity contribution < 1.29 is 14.7 Å². The van der Waals surface area contributed by atoms with Crippen molar-refractivity contribution in [2.75, 3.05) is 11.9 Å². The van der Waals surface area contributed by atoms with Crippen LogP contribution in [0.4, 0.5) is 10.5 Å². The summed E-state index contributed by atoms with van der Waals surface area (Å²) >= 11 is 0. The smallest absolute Gasteiger partial charge is 0.335 e. The highest BCUT2D eigenvalue weighted by Gasteiger charge is 2.08. The first kappa shape index (κ1) is 13.0. The zero-order valence-electron chi connectivity index (χ0n) is 9.91. The topological polar surface area (TPSA) is 78.4 Å². The second-order valence-electron chi connectivity index (χ2n) is 3.72. The van der Waals surface area contributed by atoms with Crippen molar-refractivity contribution in [3.8, 4) is 0 Å². The molecule has 1 aromatic carbocycles. The van der Waals surface area contributed by atoms with E-state index in [-0.39, 0.29) is 11.6 Å². The third-order valence-electron chi connectivity index (χ3n) is 2.25. The van der Waals surface area contributed by atoms with E-state index in [0.717, 1.165) is 6.42 Å². The minimum Gasteiger partial charge on any atom is -0.478 e. The lowest BCUT2D eigenvalue weighted by atomic mass is 10.1. The van der Waals surface area contributed by atoms with E-state index in [1.54, 1.807) is 19.1 Å². The van der Waals surface area contributed by atoms with Crippen LogP contribution in [0.1, 0.15) is 29.3 Å². The lowest BCUT2D eigenvalue weighted by Gasteiger charge is -2.08. The van der Waals surface area contributed by atoms with E-state index < -0.39 is 5.97 Å². The predicted molar refractivity (Wildman–Crippen MR) is 65.5 cm³/mol. The number of carbonyl (C=O) groups is 2. The number of hydrogen-bond donors (Lipinski definition) is 3. The Morgan fingerprint density at radius 1 is 1.35 bits per heavy atom. The molecule has 0 aromatic heterocycles. The van der Waals surface area contributed by atoms with Crippen LogP contribution in [0.3, 0.4) is 0 Å². The van der Waals surface area contributed by atoms with Gasteiger partial charge in [0, 0.05) is 12.2 Å². The minimum atomic E-state index is -0.968. The molecule has 5 heteroatoms. The molecule has 0 heterocycles. The van der Waals surface area contributed by atoms with Crippen molar-refractivity contribution in [3.63, 3.8) is 0 Å². The largest absolute Gasteiger partial charge is 0.478 e. The lowest BCUT2D eigenvalue weighted by molar-refractivity contribution is 0.0696. The van der Waals surface area contributed by atoms with Crippen molar-refractivity contribution >= 4 is 17.7 Å². The van der Waals surface area contributed by atoms with Gasteiger partial charge < -0.3 is 15.7 Å². The third kappa shape index (κ3) is 3.79. The number of carboxylic acids is 1. The van der Waals surface area contributed by atoms with Crippen molar-refractivity contribution in [3.05, 3.63) is 29.3 Å². The van der Waals surface area contributed by atoms with Crippen LogP contribution in [0.5, 0.6) is 0 Å². The van der Waals surface area contributed by atoms with Gasteiger partial charge in [-0.05, 0) is 37.1 Å². The number of hydrogen-bond acceptors (Lipinski definition) is 2. The summed E-state index contributed by atoms with van der Waals surface area (Å²) in [6, 6.07) is 4.40. The second-order valence-corrected chi connectivity index (χ2v) is 3.72. The monoisotopic (exact) mass is 236 g/mol. The lowest BCUT2D eigenvalue weighted by Crippen LogP contribution is -2.29. The summed E-state index contributed by atoms with van der Waals surface area (Å²) in [6.45, 7) is 4.27. The number of urea groups is 1. The maximum atomic E-state index is 11.4. The Balaban J connectivity index is 2.70. The van der Waals surface area contributed by atoms with Crippen LogP contribution in [0.25, 0.3) is 0 Å². The summed E-state index contributed by atoms with van der Waals surface area (Å²) in [5.41, 5.74) is 1.44. The van der Waals surface area contributed by atoms with Gasteiger partial charge in [0.1, 0.15) is 0 Å². The van der Waals surface area contributed by atoms with Crippen LogP contribution in [0.2, 0.25) is 0 Å². The van der Waals surface area contributed by atoms with Crippen LogP contribution >= 0.6 is 0 Å². The molecule has 0 saturated heterocycles. The van der Waals surface area contributed by atoms with E-state index in [1.165, 1.54) is 6.07 Å². The van der Waals surface area contributed by atoms with Crippen LogP contribution in [0.15, 0.2) is 18.2 Å². The highest BCUT2D eigenvalue weighted by Crippen LogP contribution is 2.15. The number of nitrogens with one attached hydrogen (secondary N) is 2. The Kier molecular flexibility index (Phi) is 4.51. The van der Waals surface area contributed by atoms with Crippen LogP contribution in [-0.2, 0) is 0 Å². The Bertz CT molecular complexity index is 430. The first-order chi connectivity index (χ1) is 8.04. The number of rotatable bonds is 4. The Hall–Kier alpha value is -2.04. The summed E-state index contributed by atoms with van der Waals surface area (Å²) in [4.78, 5) is 22.2. The predicted octanol–water partition coefficient (Wildman–Crippen LogP) is 2.22. The maximum absolute atomic E-state index is 11.4. The van der Waals surface area contributed by atoms with Crippen LogP contribution in [0, 0.1) is 6.92 Å². The van der Waals surface area contributed by atoms with Gasteiger partial charge in [-0.2, -0.15) is 0 Å². The molecule has 3 N–H and O–H groups in total. The summed E-state index contributed by atoms with van der Waals surface area (Å²) in [5, 5.41) is 14.2. The Labute approximate surface area is 99.8 Å². The van der Waals surface area contributed by atoms with E-state index in [1.807, 2.05) is 6.92 Å². The molecule has 0 saturated carbocycles. The number of aromatic carboxylic acids is 1. The van der Waals surface area contributed by atoms with Gasteiger partial charge in [-0.1, -0.05) is 6.92 Å². The van der Waals surface area contributed by atoms with Gasteiger partial charge in [0.05, 0.1) is 5.56 Å². The van der Waals surface area contributed by atoms with Gasteiger partial charge in [0.15, 0.2) is 0 Å². The van der Waals surface area contributed by atoms with Gasteiger partial charge in [0.2, 0.25) is 0 Å². The third-order valence-corrected chi connectivity index (χ3v) is 2.25. The molecule has 0 atom stereocenters. The highest BCUT2D eigenvalue weighted by atomic mass is 16.4. The normalized spacial score (nSPS) is 9.76. The quantitative estimate of drug-likeness (QED) is 0.750. The van der Waals surface area contributed by atoms with Gasteiger partial charge in [-0.3, -0.25) is 0 Å². The van der Waals surface area contributed by atoms with Crippen LogP contribution in [-0.4, -0.2) is 23.7 Å². The molecule has 0 aliphatic rings. The molecule has 0 aliphatic carbocycles. The Morgan fingerprint density at radius 3 is 2.59 bits per heavy atom. The maximum Gasteiger partial charge on any atom is 0.335 e. The van der Waals surface area contributed by atoms with E-state index >= 15 is 0 Å². The molecule has 0 bridgehead atoms. The number of anilines is 1. The fourth-order valence-electron chi connectivity index (χ4n) is 1.40. The molecule has 0 aliphatic heterocycles. The molecule has 92 valence electrons. The van der Waals surface area contributed by atoms with Gasteiger partial charge in [-0.15, -0.1) is 0 Å². The molecule has 0 unspecified atom stereocenters. The number of benzene rings is 1. The number of carboxylic acid groups (broad SMARTS) is 1. The van der Waals surface area contributed by atoms with Crippen molar-refractivity contribution in [1.82, 2.24) is 5.32 Å². The zero-order chi connectivity index (χ0) is 12.8. The van der Waals surface area contributed by atoms with E-state index in [9.17, 15) is 9.59 Å². The Morgan fingerprint density at radius 2 is 2.06 bits per heavy atom. The van der Waals surface area contributed by atoms with Gasteiger partial charge in [0.25, 0.3) is 0 Å². The van der Waals surface area contributed by atoms with Gasteiger partial charge >= 0.3 is 12.0 Å². The van der Waals surface area contributed by atoms with Crippen LogP contribution < -0.4 is 10.6 Å². The molecular formula is C12H16N2O3. The molecule has 1 aromatic rings. The minimum absolute atomic E-state index is 0.240. The zero-order valence-corrected chi connectivity index (χ0v) is 9.91. The average Bonchev–Trinajstić information content (AvgIpc) is 2.26. The molecular weight excluding hydrogens is 220 g/mol. The first-order valence-electron chi connectivity index (χ1n) is 5.43. The van der Waals surface area contributed by atoms with Crippen molar-refractivity contribution in [2.45, 2.75) is 20.3 Å². The molecule has 0 spiro atoms. The fraction of sp³-hybridized carbons (Fsp3) is 0.333. The number of aryl methyl sites for hydroxylation is 1. The summed E-state index contributed by atoms with van der Waals surface area (Å²) in [7, 11) is 0. The van der Waals surface area contributed by atoms with E-state index in [2.05, 4.69) is 10.6 Å². The standard InChI is InChI=1S/C12H16N2O3/c1-3-6-13-12(17)14-9-4-5-10(11(15)16)8(2)7-9/h4-5,7H,3,6H2,1-2H3,(H,15,16)(H2,13,14,17). The molecule has 2 amide bonds. The SMILES string of the molecule is CCCNC(=O)Nc1ccc(C(=O)O)c(C)c1. The first-order valence-corrected chi connectivity index (χ1v) is 5.43. The summed E-state index contributed by atoms with van der Waals surface area (Å²) in [6.07, 6.45) is 0.865. The molecule has 0 fully saturated rings. The molecule has 0 radical (unpaired) electrons. The summed E-state index contributed by atoms with van der Waals surface area (Å²) in [5.74, 6) is -0.968. The fourth-order valence-corrected chi connectivity index (χ4v) is 1.40. The summed E-state index contributed by atoms with van der Waals surface area (Å²) < 4.78 is 0. The van der Waals surface area contributed by atoms with Crippen molar-refractivity contribution in [1.29, 1.82) is 0 Å². The number of amides is 2. The molecule has 1 rings (SSSR count).